The van der Waals surface area contributed by atoms with Crippen LogP contribution in [0.5, 0.6) is 0 Å². The zero-order chi connectivity index (χ0) is 24.6. The summed E-state index contributed by atoms with van der Waals surface area (Å²) >= 11 is 6.23. The number of anilines is 1. The number of rotatable bonds is 6. The Labute approximate surface area is 198 Å². The Hall–Kier alpha value is -3.99. The predicted molar refractivity (Wildman–Crippen MR) is 122 cm³/mol. The number of carbonyl (C=O) groups excluding carboxylic acids is 2. The van der Waals surface area contributed by atoms with Gasteiger partial charge in [0.05, 0.1) is 33.8 Å². The van der Waals surface area contributed by atoms with Crippen molar-refractivity contribution >= 4 is 46.2 Å². The van der Waals surface area contributed by atoms with Crippen LogP contribution in [0, 0.1) is 16.0 Å². The molecule has 34 heavy (non-hydrogen) atoms. The van der Waals surface area contributed by atoms with E-state index in [2.05, 4.69) is 16.5 Å². The molecule has 3 atom stereocenters. The zero-order valence-electron chi connectivity index (χ0n) is 18.0. The maximum absolute atomic E-state index is 12.5. The zero-order valence-corrected chi connectivity index (χ0v) is 18.8. The molecule has 3 aromatic rings. The lowest BCUT2D eigenvalue weighted by Gasteiger charge is -2.20. The van der Waals surface area contributed by atoms with E-state index >= 15 is 0 Å². The molecule has 11 nitrogen and oxygen atoms in total. The average molecular weight is 486 g/mol. The number of nitrogen functional groups attached to an aromatic ring is 1. The number of non-ortho nitro benzene ring substituents is 1. The highest BCUT2D eigenvalue weighted by molar-refractivity contribution is 6.35. The lowest BCUT2D eigenvalue weighted by molar-refractivity contribution is -0.384. The van der Waals surface area contributed by atoms with Gasteiger partial charge in [-0.2, -0.15) is 0 Å². The molecule has 0 saturated heterocycles. The Bertz CT molecular complexity index is 1310. The molecule has 1 aromatic carbocycles. The number of nitro groups is 1. The third kappa shape index (κ3) is 4.42. The normalized spacial score (nSPS) is 19.8. The van der Waals surface area contributed by atoms with Gasteiger partial charge < -0.3 is 19.8 Å². The van der Waals surface area contributed by atoms with Crippen molar-refractivity contribution in [1.29, 1.82) is 0 Å². The van der Waals surface area contributed by atoms with Crippen molar-refractivity contribution < 1.29 is 24.0 Å². The van der Waals surface area contributed by atoms with Crippen molar-refractivity contribution in [2.45, 2.75) is 25.5 Å². The first-order valence-corrected chi connectivity index (χ1v) is 10.6. The largest absolute Gasteiger partial charge is 0.462 e. The smallest absolute Gasteiger partial charge is 0.338 e. The van der Waals surface area contributed by atoms with Crippen molar-refractivity contribution in [3.63, 3.8) is 0 Å². The number of aromatic nitrogens is 3. The Morgan fingerprint density at radius 1 is 1.35 bits per heavy atom. The fourth-order valence-electron chi connectivity index (χ4n) is 4.05. The molecule has 4 rings (SSSR count). The van der Waals surface area contributed by atoms with Crippen LogP contribution in [0.4, 0.5) is 11.5 Å². The van der Waals surface area contributed by atoms with Crippen molar-refractivity contribution in [3.05, 3.63) is 69.5 Å². The van der Waals surface area contributed by atoms with Crippen LogP contribution in [0.2, 0.25) is 5.02 Å². The van der Waals surface area contributed by atoms with E-state index in [4.69, 9.17) is 26.8 Å². The van der Waals surface area contributed by atoms with Crippen molar-refractivity contribution in [2.24, 2.45) is 5.92 Å². The summed E-state index contributed by atoms with van der Waals surface area (Å²) in [4.78, 5) is 43.1. The molecule has 0 aliphatic heterocycles. The molecule has 176 valence electrons. The Morgan fingerprint density at radius 2 is 2.06 bits per heavy atom. The quantitative estimate of drug-likeness (QED) is 0.239. The van der Waals surface area contributed by atoms with E-state index in [-0.39, 0.29) is 29.7 Å². The number of esters is 2. The van der Waals surface area contributed by atoms with Gasteiger partial charge >= 0.3 is 11.9 Å². The fraction of sp³-hybridized carbons (Fsp3) is 0.273. The molecule has 2 aromatic heterocycles. The number of hydrogen-bond acceptors (Lipinski definition) is 9. The number of carbonyl (C=O) groups is 2. The number of halogens is 1. The summed E-state index contributed by atoms with van der Waals surface area (Å²) < 4.78 is 12.7. The van der Waals surface area contributed by atoms with Gasteiger partial charge in [-0.25, -0.2) is 14.8 Å². The highest BCUT2D eigenvalue weighted by Gasteiger charge is 2.42. The third-order valence-corrected chi connectivity index (χ3v) is 5.96. The standard InChI is InChI=1S/C22H20ClN5O6/c1-11-15(9-33-22(30)13-3-5-14(6-4-13)28(31)32)18(34-12(2)29)8-17(11)27-10-25-20-16(23)7-19(24)26-21(20)27/h3-7,10,15,17-18H,1,8-9H2,2H3,(H2,24,26)/t15-,17-,18-/m0/s1. The second-order valence-corrected chi connectivity index (χ2v) is 8.24. The monoisotopic (exact) mass is 485 g/mol. The molecule has 12 heteroatoms. The molecule has 1 saturated carbocycles. The van der Waals surface area contributed by atoms with E-state index in [0.717, 1.165) is 0 Å². The third-order valence-electron chi connectivity index (χ3n) is 5.67. The second kappa shape index (κ2) is 9.10. The van der Waals surface area contributed by atoms with Gasteiger partial charge in [-0.1, -0.05) is 18.2 Å². The van der Waals surface area contributed by atoms with E-state index in [9.17, 15) is 19.7 Å². The number of nitro benzene ring substituents is 1. The SMILES string of the molecule is C=C1[C@H](COC(=O)c2ccc([N+](=O)[O-])cc2)[C@@H](OC(C)=O)C[C@@H]1n1cnc2c(Cl)cc(N)nc21. The number of pyridine rings is 1. The van der Waals surface area contributed by atoms with Gasteiger partial charge in [0.1, 0.15) is 24.0 Å². The molecule has 0 bridgehead atoms. The maximum Gasteiger partial charge on any atom is 0.338 e. The fourth-order valence-corrected chi connectivity index (χ4v) is 4.30. The molecule has 1 fully saturated rings. The first-order valence-electron chi connectivity index (χ1n) is 10.2. The van der Waals surface area contributed by atoms with Crippen LogP contribution in [-0.4, -0.2) is 44.1 Å². The molecule has 0 amide bonds. The van der Waals surface area contributed by atoms with E-state index in [1.54, 1.807) is 10.9 Å². The van der Waals surface area contributed by atoms with Crippen molar-refractivity contribution in [3.8, 4) is 0 Å². The Balaban J connectivity index is 1.55. The first-order chi connectivity index (χ1) is 16.2. The summed E-state index contributed by atoms with van der Waals surface area (Å²) in [5.41, 5.74) is 7.45. The molecule has 0 spiro atoms. The van der Waals surface area contributed by atoms with Gasteiger partial charge in [0.15, 0.2) is 5.65 Å². The Morgan fingerprint density at radius 3 is 2.71 bits per heavy atom. The minimum atomic E-state index is -0.665. The van der Waals surface area contributed by atoms with Crippen LogP contribution in [0.15, 0.2) is 48.8 Å². The average Bonchev–Trinajstić information content (AvgIpc) is 3.32. The topological polar surface area (TPSA) is 152 Å². The van der Waals surface area contributed by atoms with Gasteiger partial charge in [-0.15, -0.1) is 0 Å². The molecule has 2 heterocycles. The van der Waals surface area contributed by atoms with E-state index in [0.29, 0.717) is 28.2 Å². The van der Waals surface area contributed by atoms with Gasteiger partial charge in [-0.05, 0) is 17.7 Å². The first kappa shape index (κ1) is 23.2. The predicted octanol–water partition coefficient (Wildman–Crippen LogP) is 3.48. The van der Waals surface area contributed by atoms with E-state index in [1.165, 1.54) is 37.3 Å². The number of hydrogen-bond donors (Lipinski definition) is 1. The molecule has 0 radical (unpaired) electrons. The number of imidazole rings is 1. The van der Waals surface area contributed by atoms with Crippen LogP contribution in [0.3, 0.4) is 0 Å². The lowest BCUT2D eigenvalue weighted by atomic mass is 10.0. The number of nitrogens with zero attached hydrogens (tertiary/aromatic N) is 4. The lowest BCUT2D eigenvalue weighted by Crippen LogP contribution is -2.26. The van der Waals surface area contributed by atoms with Crippen molar-refractivity contribution in [2.75, 3.05) is 12.3 Å². The molecular formula is C22H20ClN5O6. The number of fused-ring (bicyclic) bond motifs is 1. The summed E-state index contributed by atoms with van der Waals surface area (Å²) in [5.74, 6) is -1.41. The van der Waals surface area contributed by atoms with Gasteiger partial charge in [-0.3, -0.25) is 14.9 Å². The second-order valence-electron chi connectivity index (χ2n) is 7.84. The van der Waals surface area contributed by atoms with Gasteiger partial charge in [0.25, 0.3) is 5.69 Å². The van der Waals surface area contributed by atoms with E-state index in [1.807, 2.05) is 0 Å². The van der Waals surface area contributed by atoms with Crippen LogP contribution < -0.4 is 5.73 Å². The summed E-state index contributed by atoms with van der Waals surface area (Å²) in [6.45, 7) is 5.36. The molecule has 2 N–H and O–H groups in total. The number of nitrogens with two attached hydrogens (primary N) is 1. The maximum atomic E-state index is 12.5. The van der Waals surface area contributed by atoms with Crippen LogP contribution in [0.25, 0.3) is 11.2 Å². The number of ether oxygens (including phenoxy) is 2. The van der Waals surface area contributed by atoms with Crippen LogP contribution in [0.1, 0.15) is 29.7 Å². The van der Waals surface area contributed by atoms with Gasteiger partial charge in [0.2, 0.25) is 0 Å². The molecule has 1 aliphatic carbocycles. The number of benzene rings is 1. The van der Waals surface area contributed by atoms with Crippen LogP contribution >= 0.6 is 11.6 Å². The van der Waals surface area contributed by atoms with E-state index < -0.39 is 28.9 Å². The highest BCUT2D eigenvalue weighted by atomic mass is 35.5. The summed E-state index contributed by atoms with van der Waals surface area (Å²) in [6, 6.07) is 6.21. The summed E-state index contributed by atoms with van der Waals surface area (Å²) in [5, 5.41) is 11.2. The van der Waals surface area contributed by atoms with Gasteiger partial charge in [0, 0.05) is 31.5 Å². The Kier molecular flexibility index (Phi) is 6.20. The summed E-state index contributed by atoms with van der Waals surface area (Å²) in [6.07, 6.45) is 1.32. The van der Waals surface area contributed by atoms with Crippen LogP contribution in [-0.2, 0) is 14.3 Å². The summed E-state index contributed by atoms with van der Waals surface area (Å²) in [7, 11) is 0. The minimum Gasteiger partial charge on any atom is -0.462 e. The highest BCUT2D eigenvalue weighted by Crippen LogP contribution is 2.42. The molecular weight excluding hydrogens is 466 g/mol. The molecule has 1 aliphatic rings. The molecule has 0 unspecified atom stereocenters. The van der Waals surface area contributed by atoms with Crippen molar-refractivity contribution in [1.82, 2.24) is 14.5 Å². The minimum absolute atomic E-state index is 0.105.